The normalized spacial score (nSPS) is 20.9. The molecule has 2 aliphatic rings. The fourth-order valence-electron chi connectivity index (χ4n) is 3.66. The molecule has 0 aromatic carbocycles. The molecule has 2 aliphatic heterocycles. The Morgan fingerprint density at radius 3 is 2.88 bits per heavy atom. The number of nitrogens with zero attached hydrogens (tertiary/aromatic N) is 5. The van der Waals surface area contributed by atoms with Gasteiger partial charge in [-0.3, -0.25) is 9.48 Å². The number of aromatic nitrogens is 3. The van der Waals surface area contributed by atoms with Crippen molar-refractivity contribution in [1.82, 2.24) is 19.7 Å². The van der Waals surface area contributed by atoms with Crippen LogP contribution in [0.25, 0.3) is 0 Å². The van der Waals surface area contributed by atoms with E-state index in [0.29, 0.717) is 18.8 Å². The summed E-state index contributed by atoms with van der Waals surface area (Å²) in [5.74, 6) is 0.852. The molecule has 2 aromatic heterocycles. The monoisotopic (exact) mass is 341 g/mol. The van der Waals surface area contributed by atoms with Gasteiger partial charge in [-0.05, 0) is 31.0 Å². The predicted octanol–water partition coefficient (Wildman–Crippen LogP) is 1.42. The lowest BCUT2D eigenvalue weighted by atomic mass is 10.1. The molecule has 2 fully saturated rings. The summed E-state index contributed by atoms with van der Waals surface area (Å²) >= 11 is 0. The van der Waals surface area contributed by atoms with Crippen molar-refractivity contribution in [3.8, 4) is 0 Å². The van der Waals surface area contributed by atoms with Crippen molar-refractivity contribution >= 4 is 11.7 Å². The summed E-state index contributed by atoms with van der Waals surface area (Å²) in [6.07, 6.45) is 7.53. The number of carbonyl (C=O) groups is 1. The standard InChI is InChI=1S/C18H23N5O2/c24-18(23-9-2-4-15(23)14-22-8-3-7-20-22)16-5-1-6-19-17(16)21-10-12-25-13-11-21/h1,3,5-8,15H,2,4,9-14H2. The first-order valence-corrected chi connectivity index (χ1v) is 8.89. The number of pyridine rings is 1. The molecule has 2 saturated heterocycles. The number of likely N-dealkylation sites (tertiary alicyclic amines) is 1. The minimum Gasteiger partial charge on any atom is -0.378 e. The second-order valence-electron chi connectivity index (χ2n) is 6.50. The highest BCUT2D eigenvalue weighted by atomic mass is 16.5. The fourth-order valence-corrected chi connectivity index (χ4v) is 3.66. The maximum Gasteiger partial charge on any atom is 0.257 e. The van der Waals surface area contributed by atoms with Gasteiger partial charge in [-0.2, -0.15) is 5.10 Å². The van der Waals surface area contributed by atoms with E-state index in [0.717, 1.165) is 44.8 Å². The van der Waals surface area contributed by atoms with Crippen LogP contribution < -0.4 is 4.90 Å². The van der Waals surface area contributed by atoms with E-state index >= 15 is 0 Å². The summed E-state index contributed by atoms with van der Waals surface area (Å²) < 4.78 is 7.33. The smallest absolute Gasteiger partial charge is 0.257 e. The van der Waals surface area contributed by atoms with Gasteiger partial charge in [-0.1, -0.05) is 0 Å². The molecule has 1 amide bonds. The highest BCUT2D eigenvalue weighted by Gasteiger charge is 2.32. The summed E-state index contributed by atoms with van der Waals surface area (Å²) in [6, 6.07) is 5.84. The summed E-state index contributed by atoms with van der Waals surface area (Å²) in [4.78, 5) is 21.9. The van der Waals surface area contributed by atoms with Gasteiger partial charge in [0.2, 0.25) is 0 Å². The summed E-state index contributed by atoms with van der Waals surface area (Å²) in [5.41, 5.74) is 0.691. The summed E-state index contributed by atoms with van der Waals surface area (Å²) in [7, 11) is 0. The molecule has 4 rings (SSSR count). The topological polar surface area (TPSA) is 63.5 Å². The highest BCUT2D eigenvalue weighted by molar-refractivity contribution is 5.99. The lowest BCUT2D eigenvalue weighted by molar-refractivity contribution is 0.0720. The quantitative estimate of drug-likeness (QED) is 0.842. The fraction of sp³-hybridized carbons (Fsp3) is 0.500. The van der Waals surface area contributed by atoms with Gasteiger partial charge >= 0.3 is 0 Å². The second-order valence-corrected chi connectivity index (χ2v) is 6.50. The molecule has 7 nitrogen and oxygen atoms in total. The van der Waals surface area contributed by atoms with Gasteiger partial charge in [0.15, 0.2) is 0 Å². The van der Waals surface area contributed by atoms with Crippen molar-refractivity contribution in [3.63, 3.8) is 0 Å². The molecule has 0 N–H and O–H groups in total. The summed E-state index contributed by atoms with van der Waals surface area (Å²) in [6.45, 7) is 4.43. The van der Waals surface area contributed by atoms with E-state index < -0.39 is 0 Å². The Kier molecular flexibility index (Phi) is 4.65. The molecule has 7 heteroatoms. The number of hydrogen-bond donors (Lipinski definition) is 0. The van der Waals surface area contributed by atoms with Crippen molar-refractivity contribution in [1.29, 1.82) is 0 Å². The molecule has 2 aromatic rings. The van der Waals surface area contributed by atoms with Gasteiger partial charge in [-0.15, -0.1) is 0 Å². The Hall–Kier alpha value is -2.41. The van der Waals surface area contributed by atoms with Gasteiger partial charge in [0.25, 0.3) is 5.91 Å². The minimum absolute atomic E-state index is 0.0734. The molecule has 132 valence electrons. The van der Waals surface area contributed by atoms with Crippen LogP contribution in [0.15, 0.2) is 36.8 Å². The van der Waals surface area contributed by atoms with Gasteiger partial charge in [0.05, 0.1) is 31.4 Å². The van der Waals surface area contributed by atoms with E-state index in [1.807, 2.05) is 34.0 Å². The van der Waals surface area contributed by atoms with E-state index in [2.05, 4.69) is 15.0 Å². The molecule has 0 spiro atoms. The third kappa shape index (κ3) is 3.37. The molecule has 0 saturated carbocycles. The molecular weight excluding hydrogens is 318 g/mol. The van der Waals surface area contributed by atoms with E-state index in [4.69, 9.17) is 4.74 Å². The maximum absolute atomic E-state index is 13.2. The van der Waals surface area contributed by atoms with Crippen LogP contribution in [-0.4, -0.2) is 64.5 Å². The van der Waals surface area contributed by atoms with E-state index in [-0.39, 0.29) is 11.9 Å². The van der Waals surface area contributed by atoms with E-state index in [1.54, 1.807) is 12.4 Å². The van der Waals surface area contributed by atoms with Crippen molar-refractivity contribution in [3.05, 3.63) is 42.4 Å². The van der Waals surface area contributed by atoms with Crippen LogP contribution in [0.3, 0.4) is 0 Å². The van der Waals surface area contributed by atoms with Crippen LogP contribution in [0.1, 0.15) is 23.2 Å². The Morgan fingerprint density at radius 1 is 1.20 bits per heavy atom. The van der Waals surface area contributed by atoms with Gasteiger partial charge in [0.1, 0.15) is 5.82 Å². The largest absolute Gasteiger partial charge is 0.378 e. The van der Waals surface area contributed by atoms with Crippen LogP contribution in [0.4, 0.5) is 5.82 Å². The highest BCUT2D eigenvalue weighted by Crippen LogP contribution is 2.25. The van der Waals surface area contributed by atoms with Crippen molar-refractivity contribution in [2.24, 2.45) is 0 Å². The Balaban J connectivity index is 1.55. The maximum atomic E-state index is 13.2. The third-order valence-corrected chi connectivity index (χ3v) is 4.92. The first kappa shape index (κ1) is 16.1. The van der Waals surface area contributed by atoms with Crippen LogP contribution in [0, 0.1) is 0 Å². The van der Waals surface area contributed by atoms with Crippen LogP contribution in [-0.2, 0) is 11.3 Å². The Morgan fingerprint density at radius 2 is 2.08 bits per heavy atom. The Bertz CT molecular complexity index is 712. The van der Waals surface area contributed by atoms with E-state index in [1.165, 1.54) is 0 Å². The molecule has 4 heterocycles. The third-order valence-electron chi connectivity index (χ3n) is 4.92. The number of rotatable bonds is 4. The molecule has 0 radical (unpaired) electrons. The first-order chi connectivity index (χ1) is 12.3. The lowest BCUT2D eigenvalue weighted by Gasteiger charge is -2.31. The van der Waals surface area contributed by atoms with Crippen LogP contribution in [0.5, 0.6) is 0 Å². The first-order valence-electron chi connectivity index (χ1n) is 8.89. The summed E-state index contributed by atoms with van der Waals surface area (Å²) in [5, 5.41) is 4.28. The van der Waals surface area contributed by atoms with Gasteiger partial charge in [0, 0.05) is 38.2 Å². The number of amides is 1. The van der Waals surface area contributed by atoms with Crippen LogP contribution in [0.2, 0.25) is 0 Å². The minimum atomic E-state index is 0.0734. The van der Waals surface area contributed by atoms with E-state index in [9.17, 15) is 4.79 Å². The Labute approximate surface area is 147 Å². The SMILES string of the molecule is O=C(c1cccnc1N1CCOCC1)N1CCCC1Cn1cccn1. The molecule has 25 heavy (non-hydrogen) atoms. The number of morpholine rings is 1. The average molecular weight is 341 g/mol. The van der Waals surface area contributed by atoms with Crippen molar-refractivity contribution < 1.29 is 9.53 Å². The number of anilines is 1. The predicted molar refractivity (Wildman–Crippen MR) is 93.6 cm³/mol. The number of carbonyl (C=O) groups excluding carboxylic acids is 1. The zero-order valence-electron chi connectivity index (χ0n) is 14.3. The zero-order chi connectivity index (χ0) is 17.1. The molecule has 0 aliphatic carbocycles. The van der Waals surface area contributed by atoms with Gasteiger partial charge < -0.3 is 14.5 Å². The lowest BCUT2D eigenvalue weighted by Crippen LogP contribution is -2.41. The second kappa shape index (κ2) is 7.23. The molecule has 1 atom stereocenters. The molecule has 0 bridgehead atoms. The van der Waals surface area contributed by atoms with Gasteiger partial charge in [-0.25, -0.2) is 4.98 Å². The average Bonchev–Trinajstić information content (AvgIpc) is 3.34. The number of hydrogen-bond acceptors (Lipinski definition) is 5. The molecule has 1 unspecified atom stereocenters. The number of ether oxygens (including phenoxy) is 1. The molecular formula is C18H23N5O2. The van der Waals surface area contributed by atoms with Crippen molar-refractivity contribution in [2.75, 3.05) is 37.7 Å². The zero-order valence-corrected chi connectivity index (χ0v) is 14.3. The van der Waals surface area contributed by atoms with Crippen molar-refractivity contribution in [2.45, 2.75) is 25.4 Å². The van der Waals surface area contributed by atoms with Crippen LogP contribution >= 0.6 is 0 Å².